The lowest BCUT2D eigenvalue weighted by molar-refractivity contribution is -0.123. The van der Waals surface area contributed by atoms with Gasteiger partial charge in [-0.05, 0) is 30.2 Å². The predicted octanol–water partition coefficient (Wildman–Crippen LogP) is 2.27. The van der Waals surface area contributed by atoms with Crippen LogP contribution in [0.1, 0.15) is 18.1 Å². The minimum Gasteiger partial charge on any atom is -0.354 e. The standard InChI is InChI=1S/C19H19N3O2/c1-15(23)22(18-9-5-8-17(12-18)13-20)14-19(24)21-11-10-16-6-3-2-4-7-16/h2-9,12H,10-11,14H2,1H3,(H,21,24). The summed E-state index contributed by atoms with van der Waals surface area (Å²) >= 11 is 0. The van der Waals surface area contributed by atoms with Gasteiger partial charge in [-0.1, -0.05) is 36.4 Å². The highest BCUT2D eigenvalue weighted by Gasteiger charge is 2.15. The molecule has 0 aliphatic carbocycles. The van der Waals surface area contributed by atoms with Crippen molar-refractivity contribution in [1.82, 2.24) is 5.32 Å². The van der Waals surface area contributed by atoms with Gasteiger partial charge in [0.25, 0.3) is 0 Å². The summed E-state index contributed by atoms with van der Waals surface area (Å²) in [5, 5.41) is 11.8. The molecule has 5 heteroatoms. The molecule has 0 saturated heterocycles. The first-order valence-electron chi connectivity index (χ1n) is 7.69. The van der Waals surface area contributed by atoms with E-state index in [9.17, 15) is 9.59 Å². The van der Waals surface area contributed by atoms with Crippen molar-refractivity contribution in [1.29, 1.82) is 5.26 Å². The summed E-state index contributed by atoms with van der Waals surface area (Å²) in [6.45, 7) is 1.84. The van der Waals surface area contributed by atoms with Crippen molar-refractivity contribution in [2.24, 2.45) is 0 Å². The second kappa shape index (κ2) is 8.49. The highest BCUT2D eigenvalue weighted by molar-refractivity contribution is 5.97. The van der Waals surface area contributed by atoms with Gasteiger partial charge >= 0.3 is 0 Å². The lowest BCUT2D eigenvalue weighted by Crippen LogP contribution is -2.40. The van der Waals surface area contributed by atoms with Crippen molar-refractivity contribution >= 4 is 17.5 Å². The molecule has 0 aliphatic rings. The SMILES string of the molecule is CC(=O)N(CC(=O)NCCc1ccccc1)c1cccc(C#N)c1. The molecule has 2 aromatic carbocycles. The number of nitrogens with one attached hydrogen (secondary N) is 1. The highest BCUT2D eigenvalue weighted by atomic mass is 16.2. The Balaban J connectivity index is 1.94. The van der Waals surface area contributed by atoms with Crippen LogP contribution in [0.4, 0.5) is 5.69 Å². The molecule has 5 nitrogen and oxygen atoms in total. The normalized spacial score (nSPS) is 9.83. The molecule has 0 spiro atoms. The van der Waals surface area contributed by atoms with Crippen LogP contribution in [-0.2, 0) is 16.0 Å². The monoisotopic (exact) mass is 321 g/mol. The summed E-state index contributed by atoms with van der Waals surface area (Å²) in [7, 11) is 0. The minimum atomic E-state index is -0.247. The maximum Gasteiger partial charge on any atom is 0.240 e. The molecule has 0 aromatic heterocycles. The fourth-order valence-corrected chi connectivity index (χ4v) is 2.32. The van der Waals surface area contributed by atoms with Crippen LogP contribution >= 0.6 is 0 Å². The van der Waals surface area contributed by atoms with Crippen LogP contribution in [0.15, 0.2) is 54.6 Å². The molecule has 0 heterocycles. The molecule has 2 amide bonds. The number of carbonyl (C=O) groups is 2. The van der Waals surface area contributed by atoms with Gasteiger partial charge in [-0.2, -0.15) is 5.26 Å². The Morgan fingerprint density at radius 2 is 1.88 bits per heavy atom. The Morgan fingerprint density at radius 3 is 2.54 bits per heavy atom. The van der Waals surface area contributed by atoms with Crippen molar-refractivity contribution in [2.75, 3.05) is 18.0 Å². The van der Waals surface area contributed by atoms with Crippen molar-refractivity contribution in [3.8, 4) is 6.07 Å². The number of hydrogen-bond acceptors (Lipinski definition) is 3. The molecule has 0 radical (unpaired) electrons. The van der Waals surface area contributed by atoms with Crippen LogP contribution in [-0.4, -0.2) is 24.9 Å². The van der Waals surface area contributed by atoms with E-state index < -0.39 is 0 Å². The number of anilines is 1. The number of nitriles is 1. The van der Waals surface area contributed by atoms with Gasteiger partial charge in [-0.3, -0.25) is 9.59 Å². The number of nitrogens with zero attached hydrogens (tertiary/aromatic N) is 2. The minimum absolute atomic E-state index is 0.0704. The summed E-state index contributed by atoms with van der Waals surface area (Å²) in [6.07, 6.45) is 0.733. The lowest BCUT2D eigenvalue weighted by Gasteiger charge is -2.20. The van der Waals surface area contributed by atoms with E-state index >= 15 is 0 Å². The van der Waals surface area contributed by atoms with Crippen molar-refractivity contribution < 1.29 is 9.59 Å². The first-order valence-corrected chi connectivity index (χ1v) is 7.69. The summed E-state index contributed by atoms with van der Waals surface area (Å²) in [4.78, 5) is 25.3. The van der Waals surface area contributed by atoms with Crippen molar-refractivity contribution in [2.45, 2.75) is 13.3 Å². The largest absolute Gasteiger partial charge is 0.354 e. The van der Waals surface area contributed by atoms with Gasteiger partial charge in [0.05, 0.1) is 11.6 Å². The number of benzene rings is 2. The average Bonchev–Trinajstić information content (AvgIpc) is 2.60. The second-order valence-electron chi connectivity index (χ2n) is 5.35. The van der Waals surface area contributed by atoms with E-state index in [0.29, 0.717) is 17.8 Å². The Bertz CT molecular complexity index is 751. The maximum atomic E-state index is 12.1. The van der Waals surface area contributed by atoms with Crippen molar-refractivity contribution in [3.63, 3.8) is 0 Å². The van der Waals surface area contributed by atoms with E-state index in [-0.39, 0.29) is 18.4 Å². The first-order chi connectivity index (χ1) is 11.6. The Hall–Kier alpha value is -3.13. The maximum absolute atomic E-state index is 12.1. The van der Waals surface area contributed by atoms with Gasteiger partial charge in [-0.15, -0.1) is 0 Å². The third-order valence-corrected chi connectivity index (χ3v) is 3.55. The molecule has 24 heavy (non-hydrogen) atoms. The Morgan fingerprint density at radius 1 is 1.12 bits per heavy atom. The van der Waals surface area contributed by atoms with Crippen LogP contribution in [0, 0.1) is 11.3 Å². The molecular weight excluding hydrogens is 302 g/mol. The molecule has 0 unspecified atom stereocenters. The van der Waals surface area contributed by atoms with Gasteiger partial charge in [0.1, 0.15) is 6.54 Å². The molecule has 122 valence electrons. The van der Waals surface area contributed by atoms with Crippen LogP contribution < -0.4 is 10.2 Å². The number of amides is 2. The second-order valence-corrected chi connectivity index (χ2v) is 5.35. The molecule has 0 fully saturated rings. The topological polar surface area (TPSA) is 73.2 Å². The zero-order valence-corrected chi connectivity index (χ0v) is 13.5. The summed E-state index contributed by atoms with van der Waals surface area (Å²) in [5.74, 6) is -0.480. The zero-order valence-electron chi connectivity index (χ0n) is 13.5. The van der Waals surface area contributed by atoms with Gasteiger partial charge < -0.3 is 10.2 Å². The Kier molecular flexibility index (Phi) is 6.09. The van der Waals surface area contributed by atoms with E-state index in [1.54, 1.807) is 24.3 Å². The van der Waals surface area contributed by atoms with E-state index in [4.69, 9.17) is 5.26 Å². The third-order valence-electron chi connectivity index (χ3n) is 3.55. The Labute approximate surface area is 141 Å². The van der Waals surface area contributed by atoms with E-state index in [2.05, 4.69) is 5.32 Å². The number of hydrogen-bond donors (Lipinski definition) is 1. The third kappa shape index (κ3) is 4.96. The van der Waals surface area contributed by atoms with E-state index in [0.717, 1.165) is 12.0 Å². The van der Waals surface area contributed by atoms with Crippen LogP contribution in [0.3, 0.4) is 0 Å². The molecule has 1 N–H and O–H groups in total. The molecule has 0 atom stereocenters. The molecule has 0 bridgehead atoms. The molecule has 2 aromatic rings. The fraction of sp³-hybridized carbons (Fsp3) is 0.211. The quantitative estimate of drug-likeness (QED) is 0.887. The fourth-order valence-electron chi connectivity index (χ4n) is 2.32. The zero-order chi connectivity index (χ0) is 17.4. The van der Waals surface area contributed by atoms with E-state index in [1.165, 1.54) is 11.8 Å². The van der Waals surface area contributed by atoms with Gasteiger partial charge in [0.2, 0.25) is 11.8 Å². The summed E-state index contributed by atoms with van der Waals surface area (Å²) in [6, 6.07) is 18.5. The molecule has 0 saturated carbocycles. The predicted molar refractivity (Wildman–Crippen MR) is 92.3 cm³/mol. The highest BCUT2D eigenvalue weighted by Crippen LogP contribution is 2.16. The summed E-state index contributed by atoms with van der Waals surface area (Å²) < 4.78 is 0. The van der Waals surface area contributed by atoms with Crippen LogP contribution in [0.25, 0.3) is 0 Å². The first kappa shape index (κ1) is 17.2. The van der Waals surface area contributed by atoms with Crippen LogP contribution in [0.5, 0.6) is 0 Å². The van der Waals surface area contributed by atoms with Crippen molar-refractivity contribution in [3.05, 3.63) is 65.7 Å². The molecule has 0 aliphatic heterocycles. The number of rotatable bonds is 6. The van der Waals surface area contributed by atoms with Gasteiger partial charge in [0.15, 0.2) is 0 Å². The number of carbonyl (C=O) groups excluding carboxylic acids is 2. The molecular formula is C19H19N3O2. The van der Waals surface area contributed by atoms with Gasteiger partial charge in [0, 0.05) is 19.2 Å². The average molecular weight is 321 g/mol. The van der Waals surface area contributed by atoms with E-state index in [1.807, 2.05) is 36.4 Å². The lowest BCUT2D eigenvalue weighted by atomic mass is 10.1. The van der Waals surface area contributed by atoms with Crippen LogP contribution in [0.2, 0.25) is 0 Å². The van der Waals surface area contributed by atoms with Gasteiger partial charge in [-0.25, -0.2) is 0 Å². The molecule has 2 rings (SSSR count). The summed E-state index contributed by atoms with van der Waals surface area (Å²) in [5.41, 5.74) is 2.13. The smallest absolute Gasteiger partial charge is 0.240 e.